The topological polar surface area (TPSA) is 46.3 Å². The molecule has 1 saturated heterocycles. The number of para-hydroxylation sites is 1. The van der Waals surface area contributed by atoms with E-state index in [2.05, 4.69) is 33.8 Å². The fourth-order valence-electron chi connectivity index (χ4n) is 4.19. The Hall–Kier alpha value is -2.50. The van der Waals surface area contributed by atoms with Crippen molar-refractivity contribution < 1.29 is 14.4 Å². The van der Waals surface area contributed by atoms with Gasteiger partial charge in [0.1, 0.15) is 31.0 Å². The van der Waals surface area contributed by atoms with Crippen molar-refractivity contribution in [3.63, 3.8) is 0 Å². The van der Waals surface area contributed by atoms with E-state index in [0.29, 0.717) is 12.4 Å². The summed E-state index contributed by atoms with van der Waals surface area (Å²) in [5.74, 6) is -0.0151. The summed E-state index contributed by atoms with van der Waals surface area (Å²) in [4.78, 5) is 21.3. The molecule has 0 spiro atoms. The minimum Gasteiger partial charge on any atom is -0.364 e. The molecule has 1 fully saturated rings. The first kappa shape index (κ1) is 18.8. The first-order valence-corrected chi connectivity index (χ1v) is 9.98. The number of nitrogens with one attached hydrogen (secondary N) is 1. The smallest absolute Gasteiger partial charge is 0.281 e. The van der Waals surface area contributed by atoms with Crippen LogP contribution in [0.1, 0.15) is 30.5 Å². The van der Waals surface area contributed by atoms with Crippen molar-refractivity contribution in [1.29, 1.82) is 0 Å². The lowest BCUT2D eigenvalue weighted by Crippen LogP contribution is -3.17. The number of nitrogens with zero attached hydrogens (tertiary/aromatic N) is 2. The van der Waals surface area contributed by atoms with Crippen molar-refractivity contribution in [3.05, 3.63) is 59.2 Å². The molecule has 2 aromatic rings. The standard InChI is InChI=1S/C23H27N3O2/c1-15-9-10-19(11-16(15)2)24-22-20-7-5-6-8-21(20)26(23(22)27)14-25-12-17(3)28-18(4)13-25/h5-11,17-18H,12-14H2,1-4H3/p+1. The summed E-state index contributed by atoms with van der Waals surface area (Å²) >= 11 is 0. The molecule has 5 heteroatoms. The first-order valence-electron chi connectivity index (χ1n) is 9.98. The number of ether oxygens (including phenoxy) is 1. The highest BCUT2D eigenvalue weighted by atomic mass is 16.5. The largest absolute Gasteiger partial charge is 0.364 e. The Balaban J connectivity index is 1.66. The van der Waals surface area contributed by atoms with Gasteiger partial charge in [-0.3, -0.25) is 9.69 Å². The highest BCUT2D eigenvalue weighted by Gasteiger charge is 2.37. The van der Waals surface area contributed by atoms with Crippen LogP contribution in [0.15, 0.2) is 47.5 Å². The lowest BCUT2D eigenvalue weighted by atomic mass is 10.1. The average molecular weight is 378 g/mol. The number of amides is 1. The summed E-state index contributed by atoms with van der Waals surface area (Å²) in [6.45, 7) is 10.8. The molecule has 2 aromatic carbocycles. The molecular weight excluding hydrogens is 350 g/mol. The molecule has 2 atom stereocenters. The Morgan fingerprint density at radius 2 is 1.79 bits per heavy atom. The predicted molar refractivity (Wildman–Crippen MR) is 112 cm³/mol. The van der Waals surface area contributed by atoms with Gasteiger partial charge in [-0.1, -0.05) is 24.3 Å². The van der Waals surface area contributed by atoms with E-state index in [1.54, 1.807) is 0 Å². The molecule has 146 valence electrons. The lowest BCUT2D eigenvalue weighted by Gasteiger charge is -2.34. The number of carbonyl (C=O) groups excluding carboxylic acids is 1. The minimum absolute atomic E-state index is 0.0151. The summed E-state index contributed by atoms with van der Waals surface area (Å²) in [7, 11) is 0. The molecule has 0 radical (unpaired) electrons. The van der Waals surface area contributed by atoms with Crippen molar-refractivity contribution in [3.8, 4) is 0 Å². The van der Waals surface area contributed by atoms with Gasteiger partial charge in [0.2, 0.25) is 0 Å². The van der Waals surface area contributed by atoms with Gasteiger partial charge >= 0.3 is 0 Å². The van der Waals surface area contributed by atoms with E-state index in [0.717, 1.165) is 30.0 Å². The average Bonchev–Trinajstić information content (AvgIpc) is 2.90. The molecule has 5 nitrogen and oxygen atoms in total. The predicted octanol–water partition coefficient (Wildman–Crippen LogP) is 2.42. The summed E-state index contributed by atoms with van der Waals surface area (Å²) in [5.41, 5.74) is 5.63. The Bertz CT molecular complexity index is 927. The number of anilines is 1. The van der Waals surface area contributed by atoms with Gasteiger partial charge in [0.15, 0.2) is 6.67 Å². The van der Waals surface area contributed by atoms with Crippen LogP contribution in [0.4, 0.5) is 11.4 Å². The SMILES string of the molecule is Cc1ccc(N=C2C(=O)N(C[NH+]3CC(C)OC(C)C3)c3ccccc32)cc1C. The molecule has 0 aliphatic carbocycles. The Labute approximate surface area is 166 Å². The summed E-state index contributed by atoms with van der Waals surface area (Å²) in [6.07, 6.45) is 0.408. The summed E-state index contributed by atoms with van der Waals surface area (Å²) in [5, 5.41) is 0. The molecular formula is C23H28N3O2+. The molecule has 0 bridgehead atoms. The maximum absolute atomic E-state index is 13.3. The number of quaternary nitrogens is 1. The van der Waals surface area contributed by atoms with Gasteiger partial charge in [0.05, 0.1) is 11.4 Å². The zero-order chi connectivity index (χ0) is 19.8. The van der Waals surface area contributed by atoms with E-state index in [1.807, 2.05) is 41.3 Å². The van der Waals surface area contributed by atoms with Gasteiger partial charge in [0.25, 0.3) is 5.91 Å². The van der Waals surface area contributed by atoms with Gasteiger partial charge in [0, 0.05) is 5.56 Å². The normalized spacial score (nSPS) is 26.0. The van der Waals surface area contributed by atoms with E-state index in [1.165, 1.54) is 16.0 Å². The Morgan fingerprint density at radius 3 is 2.50 bits per heavy atom. The molecule has 2 heterocycles. The van der Waals surface area contributed by atoms with Crippen LogP contribution >= 0.6 is 0 Å². The Morgan fingerprint density at radius 1 is 1.07 bits per heavy atom. The second-order valence-corrected chi connectivity index (χ2v) is 8.05. The number of morpholine rings is 1. The molecule has 2 unspecified atom stereocenters. The van der Waals surface area contributed by atoms with E-state index in [9.17, 15) is 4.79 Å². The fraction of sp³-hybridized carbons (Fsp3) is 0.391. The van der Waals surface area contributed by atoms with Crippen LogP contribution < -0.4 is 9.80 Å². The van der Waals surface area contributed by atoms with Gasteiger partial charge in [-0.25, -0.2) is 4.99 Å². The summed E-state index contributed by atoms with van der Waals surface area (Å²) < 4.78 is 5.85. The number of hydrogen-bond donors (Lipinski definition) is 1. The van der Waals surface area contributed by atoms with E-state index in [-0.39, 0.29) is 18.1 Å². The number of rotatable bonds is 3. The molecule has 28 heavy (non-hydrogen) atoms. The molecule has 1 amide bonds. The van der Waals surface area contributed by atoms with Crippen LogP contribution in [0.2, 0.25) is 0 Å². The van der Waals surface area contributed by atoms with Crippen molar-refractivity contribution in [2.24, 2.45) is 4.99 Å². The summed E-state index contributed by atoms with van der Waals surface area (Å²) in [6, 6.07) is 14.0. The van der Waals surface area contributed by atoms with E-state index in [4.69, 9.17) is 9.73 Å². The molecule has 0 aromatic heterocycles. The van der Waals surface area contributed by atoms with Crippen molar-refractivity contribution in [2.45, 2.75) is 39.9 Å². The van der Waals surface area contributed by atoms with Crippen molar-refractivity contribution >= 4 is 23.0 Å². The molecule has 2 aliphatic rings. The van der Waals surface area contributed by atoms with Crippen LogP contribution in [-0.2, 0) is 9.53 Å². The zero-order valence-electron chi connectivity index (χ0n) is 17.0. The third kappa shape index (κ3) is 3.60. The fourth-order valence-corrected chi connectivity index (χ4v) is 4.19. The van der Waals surface area contributed by atoms with E-state index >= 15 is 0 Å². The quantitative estimate of drug-likeness (QED) is 0.892. The van der Waals surface area contributed by atoms with Gasteiger partial charge in [-0.05, 0) is 57.0 Å². The van der Waals surface area contributed by atoms with Gasteiger partial charge < -0.3 is 9.64 Å². The lowest BCUT2D eigenvalue weighted by molar-refractivity contribution is -0.913. The van der Waals surface area contributed by atoms with Crippen LogP contribution in [0.3, 0.4) is 0 Å². The second-order valence-electron chi connectivity index (χ2n) is 8.05. The van der Waals surface area contributed by atoms with Crippen LogP contribution in [0.25, 0.3) is 0 Å². The number of carbonyl (C=O) groups is 1. The van der Waals surface area contributed by atoms with Crippen LogP contribution in [0, 0.1) is 13.8 Å². The number of benzene rings is 2. The maximum Gasteiger partial charge on any atom is 0.281 e. The maximum atomic E-state index is 13.3. The third-order valence-electron chi connectivity index (χ3n) is 5.63. The number of fused-ring (bicyclic) bond motifs is 1. The zero-order valence-corrected chi connectivity index (χ0v) is 17.0. The monoisotopic (exact) mass is 378 g/mol. The van der Waals surface area contributed by atoms with Gasteiger partial charge in [-0.15, -0.1) is 0 Å². The molecule has 2 aliphatic heterocycles. The van der Waals surface area contributed by atoms with Crippen molar-refractivity contribution in [1.82, 2.24) is 0 Å². The Kier molecular flexibility index (Phi) is 5.04. The molecule has 0 saturated carbocycles. The number of hydrogen-bond acceptors (Lipinski definition) is 3. The van der Waals surface area contributed by atoms with E-state index < -0.39 is 0 Å². The minimum atomic E-state index is -0.0151. The second kappa shape index (κ2) is 7.49. The molecule has 1 N–H and O–H groups in total. The number of aryl methyl sites for hydroxylation is 2. The third-order valence-corrected chi connectivity index (χ3v) is 5.63. The van der Waals surface area contributed by atoms with Gasteiger partial charge in [-0.2, -0.15) is 0 Å². The van der Waals surface area contributed by atoms with Crippen molar-refractivity contribution in [2.75, 3.05) is 24.7 Å². The number of aliphatic imine (C=N–C) groups is 1. The van der Waals surface area contributed by atoms with Crippen LogP contribution in [0.5, 0.6) is 0 Å². The first-order chi connectivity index (χ1) is 13.4. The molecule has 4 rings (SSSR count). The highest BCUT2D eigenvalue weighted by Crippen LogP contribution is 2.30. The van der Waals surface area contributed by atoms with Crippen LogP contribution in [-0.4, -0.2) is 43.6 Å². The highest BCUT2D eigenvalue weighted by molar-refractivity contribution is 6.54.